The number of nitrogens with one attached hydrogen (secondary N) is 1. The summed E-state index contributed by atoms with van der Waals surface area (Å²) in [4.78, 5) is 15.3. The third-order valence-electron chi connectivity index (χ3n) is 6.24. The molecule has 3 unspecified atom stereocenters. The van der Waals surface area contributed by atoms with Gasteiger partial charge in [0, 0.05) is 38.3 Å². The second-order valence-electron chi connectivity index (χ2n) is 8.21. The number of likely N-dealkylation sites (tertiary alicyclic amines) is 1. The number of amides is 1. The van der Waals surface area contributed by atoms with Crippen LogP contribution in [0.2, 0.25) is 0 Å². The summed E-state index contributed by atoms with van der Waals surface area (Å²) in [5.74, 6) is -0.297. The third kappa shape index (κ3) is 4.61. The maximum atomic E-state index is 12.9. The lowest BCUT2D eigenvalue weighted by atomic mass is 9.98. The minimum absolute atomic E-state index is 0.0136. The minimum Gasteiger partial charge on any atom is -0.352 e. The van der Waals surface area contributed by atoms with E-state index >= 15 is 0 Å². The molecule has 1 aromatic carbocycles. The Labute approximate surface area is 182 Å². The summed E-state index contributed by atoms with van der Waals surface area (Å²) in [6, 6.07) is 14.2. The molecule has 2 aliphatic rings. The van der Waals surface area contributed by atoms with Crippen molar-refractivity contribution < 1.29 is 13.2 Å². The summed E-state index contributed by atoms with van der Waals surface area (Å²) in [5.41, 5.74) is 1.28. The lowest BCUT2D eigenvalue weighted by molar-refractivity contribution is -0.126. The molecule has 3 heterocycles. The molecule has 3 atom stereocenters. The van der Waals surface area contributed by atoms with Crippen LogP contribution >= 0.6 is 11.3 Å². The molecule has 0 aliphatic carbocycles. The van der Waals surface area contributed by atoms with Gasteiger partial charge in [-0.05, 0) is 43.2 Å². The standard InChI is InChI=1S/C22H29N3O3S2/c1-17(18-7-3-2-4-8-18)24-13-11-20(16-24)23-22(26)19-9-5-12-25(15-19)30(27,28)21-10-6-14-29-21/h2-4,6-8,10,14,17,19-20H,5,9,11-13,15-16H2,1H3,(H,23,26). The lowest BCUT2D eigenvalue weighted by Crippen LogP contribution is -2.48. The first kappa shape index (κ1) is 21.5. The van der Waals surface area contributed by atoms with E-state index in [1.165, 1.54) is 21.2 Å². The average Bonchev–Trinajstić information content (AvgIpc) is 3.47. The van der Waals surface area contributed by atoms with Gasteiger partial charge in [0.05, 0.1) is 5.92 Å². The van der Waals surface area contributed by atoms with Crippen LogP contribution < -0.4 is 5.32 Å². The fourth-order valence-electron chi connectivity index (χ4n) is 4.43. The maximum Gasteiger partial charge on any atom is 0.252 e. The van der Waals surface area contributed by atoms with Crippen molar-refractivity contribution in [3.8, 4) is 0 Å². The number of sulfonamides is 1. The molecule has 162 valence electrons. The molecule has 2 aliphatic heterocycles. The van der Waals surface area contributed by atoms with E-state index in [1.807, 2.05) is 6.07 Å². The van der Waals surface area contributed by atoms with Crippen LogP contribution in [0.5, 0.6) is 0 Å². The molecule has 0 bridgehead atoms. The van der Waals surface area contributed by atoms with Gasteiger partial charge in [-0.25, -0.2) is 8.42 Å². The maximum absolute atomic E-state index is 12.9. The molecule has 30 heavy (non-hydrogen) atoms. The highest BCUT2D eigenvalue weighted by Crippen LogP contribution is 2.28. The summed E-state index contributed by atoms with van der Waals surface area (Å²) in [5, 5.41) is 4.96. The molecular weight excluding hydrogens is 418 g/mol. The van der Waals surface area contributed by atoms with Gasteiger partial charge >= 0.3 is 0 Å². The summed E-state index contributed by atoms with van der Waals surface area (Å²) in [7, 11) is -3.50. The summed E-state index contributed by atoms with van der Waals surface area (Å²) in [6.07, 6.45) is 2.37. The number of nitrogens with zero attached hydrogens (tertiary/aromatic N) is 2. The van der Waals surface area contributed by atoms with Gasteiger partial charge in [0.15, 0.2) is 0 Å². The lowest BCUT2D eigenvalue weighted by Gasteiger charge is -2.31. The van der Waals surface area contributed by atoms with E-state index in [-0.39, 0.29) is 24.4 Å². The normalized spacial score (nSPS) is 24.6. The quantitative estimate of drug-likeness (QED) is 0.739. The van der Waals surface area contributed by atoms with Gasteiger partial charge < -0.3 is 5.32 Å². The Hall–Kier alpha value is -1.74. The first-order chi connectivity index (χ1) is 14.4. The van der Waals surface area contributed by atoms with Crippen molar-refractivity contribution >= 4 is 27.3 Å². The largest absolute Gasteiger partial charge is 0.352 e. The average molecular weight is 448 g/mol. The van der Waals surface area contributed by atoms with Gasteiger partial charge in [-0.3, -0.25) is 9.69 Å². The van der Waals surface area contributed by atoms with Crippen molar-refractivity contribution in [3.63, 3.8) is 0 Å². The first-order valence-corrected chi connectivity index (χ1v) is 12.9. The second kappa shape index (κ2) is 9.18. The molecule has 6 nitrogen and oxygen atoms in total. The number of thiophene rings is 1. The van der Waals surface area contributed by atoms with Gasteiger partial charge in [-0.2, -0.15) is 4.31 Å². The van der Waals surface area contributed by atoms with Gasteiger partial charge in [-0.1, -0.05) is 36.4 Å². The number of benzene rings is 1. The van der Waals surface area contributed by atoms with Crippen LogP contribution in [0.25, 0.3) is 0 Å². The Morgan fingerprint density at radius 1 is 1.10 bits per heavy atom. The van der Waals surface area contributed by atoms with Gasteiger partial charge in [0.25, 0.3) is 10.0 Å². The molecule has 2 saturated heterocycles. The Morgan fingerprint density at radius 3 is 2.63 bits per heavy atom. The van der Waals surface area contributed by atoms with Gasteiger partial charge in [-0.15, -0.1) is 11.3 Å². The number of piperidine rings is 1. The molecule has 1 aromatic heterocycles. The van der Waals surface area contributed by atoms with Crippen molar-refractivity contribution in [1.82, 2.24) is 14.5 Å². The molecule has 0 spiro atoms. The van der Waals surface area contributed by atoms with Crippen LogP contribution in [0.4, 0.5) is 0 Å². The smallest absolute Gasteiger partial charge is 0.252 e. The summed E-state index contributed by atoms with van der Waals surface area (Å²) >= 11 is 1.22. The van der Waals surface area contributed by atoms with Crippen molar-refractivity contribution in [1.29, 1.82) is 0 Å². The first-order valence-electron chi connectivity index (χ1n) is 10.6. The predicted octanol–water partition coefficient (Wildman–Crippen LogP) is 3.10. The highest BCUT2D eigenvalue weighted by Gasteiger charge is 2.35. The predicted molar refractivity (Wildman–Crippen MR) is 119 cm³/mol. The van der Waals surface area contributed by atoms with Gasteiger partial charge in [0.1, 0.15) is 4.21 Å². The van der Waals surface area contributed by atoms with E-state index in [4.69, 9.17) is 0 Å². The van der Waals surface area contributed by atoms with E-state index in [0.29, 0.717) is 23.2 Å². The Bertz CT molecular complexity index is 947. The van der Waals surface area contributed by atoms with E-state index in [1.54, 1.807) is 17.5 Å². The zero-order valence-electron chi connectivity index (χ0n) is 17.2. The molecule has 4 rings (SSSR count). The topological polar surface area (TPSA) is 69.7 Å². The zero-order valence-corrected chi connectivity index (χ0v) is 18.9. The van der Waals surface area contributed by atoms with Crippen LogP contribution in [0.1, 0.15) is 37.8 Å². The molecular formula is C22H29N3O3S2. The highest BCUT2D eigenvalue weighted by atomic mass is 32.2. The summed E-state index contributed by atoms with van der Waals surface area (Å²) in [6.45, 7) is 4.73. The molecule has 0 radical (unpaired) electrons. The van der Waals surface area contributed by atoms with Crippen molar-refractivity contribution in [2.45, 2.75) is 42.5 Å². The number of hydrogen-bond acceptors (Lipinski definition) is 5. The Balaban J connectivity index is 1.33. The van der Waals surface area contributed by atoms with E-state index in [9.17, 15) is 13.2 Å². The van der Waals surface area contributed by atoms with Crippen molar-refractivity contribution in [2.75, 3.05) is 26.2 Å². The van der Waals surface area contributed by atoms with E-state index in [0.717, 1.165) is 25.9 Å². The summed E-state index contributed by atoms with van der Waals surface area (Å²) < 4.78 is 27.5. The Kier molecular flexibility index (Phi) is 6.57. The molecule has 2 aromatic rings. The fourth-order valence-corrected chi connectivity index (χ4v) is 7.10. The molecule has 1 amide bonds. The SMILES string of the molecule is CC(c1ccccc1)N1CCC(NC(=O)C2CCCN(S(=O)(=O)c3cccs3)C2)C1. The number of carbonyl (C=O) groups is 1. The number of hydrogen-bond donors (Lipinski definition) is 1. The van der Waals surface area contributed by atoms with E-state index < -0.39 is 10.0 Å². The van der Waals surface area contributed by atoms with Crippen LogP contribution in [0.15, 0.2) is 52.1 Å². The van der Waals surface area contributed by atoms with E-state index in [2.05, 4.69) is 41.4 Å². The second-order valence-corrected chi connectivity index (χ2v) is 11.3. The molecule has 0 saturated carbocycles. The molecule has 8 heteroatoms. The van der Waals surface area contributed by atoms with Crippen molar-refractivity contribution in [3.05, 3.63) is 53.4 Å². The van der Waals surface area contributed by atoms with Crippen LogP contribution in [-0.4, -0.2) is 55.8 Å². The fraction of sp³-hybridized carbons (Fsp3) is 0.500. The Morgan fingerprint density at radius 2 is 1.90 bits per heavy atom. The van der Waals surface area contributed by atoms with Crippen LogP contribution in [0, 0.1) is 5.92 Å². The molecule has 1 N–H and O–H groups in total. The number of rotatable bonds is 6. The minimum atomic E-state index is -3.50. The number of carbonyl (C=O) groups excluding carboxylic acids is 1. The van der Waals surface area contributed by atoms with Crippen LogP contribution in [0.3, 0.4) is 0 Å². The van der Waals surface area contributed by atoms with Crippen molar-refractivity contribution in [2.24, 2.45) is 5.92 Å². The molecule has 2 fully saturated rings. The third-order valence-corrected chi connectivity index (χ3v) is 9.48. The highest BCUT2D eigenvalue weighted by molar-refractivity contribution is 7.91. The zero-order chi connectivity index (χ0) is 21.1. The van der Waals surface area contributed by atoms with Gasteiger partial charge in [0.2, 0.25) is 5.91 Å². The van der Waals surface area contributed by atoms with Crippen LogP contribution in [-0.2, 0) is 14.8 Å². The monoisotopic (exact) mass is 447 g/mol.